The Morgan fingerprint density at radius 2 is 2.26 bits per heavy atom. The number of amides is 1. The lowest BCUT2D eigenvalue weighted by Gasteiger charge is -2.20. The van der Waals surface area contributed by atoms with E-state index in [4.69, 9.17) is 8.83 Å². The number of carbonyl (C=O) groups excluding carboxylic acids is 1. The smallest absolute Gasteiger partial charge is 0.226 e. The fourth-order valence-electron chi connectivity index (χ4n) is 3.14. The molecule has 0 saturated heterocycles. The molecule has 0 fully saturated rings. The Morgan fingerprint density at radius 3 is 3.04 bits per heavy atom. The van der Waals surface area contributed by atoms with Crippen molar-refractivity contribution >= 4 is 23.5 Å². The molecule has 1 unspecified atom stereocenters. The van der Waals surface area contributed by atoms with Gasteiger partial charge in [-0.05, 0) is 36.0 Å². The van der Waals surface area contributed by atoms with Crippen molar-refractivity contribution in [1.29, 1.82) is 0 Å². The summed E-state index contributed by atoms with van der Waals surface area (Å²) in [5.74, 6) is 1.47. The van der Waals surface area contributed by atoms with Gasteiger partial charge in [0.15, 0.2) is 21.8 Å². The van der Waals surface area contributed by atoms with Gasteiger partial charge < -0.3 is 18.7 Å². The molecule has 27 heavy (non-hydrogen) atoms. The molecule has 1 aliphatic rings. The van der Waals surface area contributed by atoms with Gasteiger partial charge in [0.25, 0.3) is 0 Å². The van der Waals surface area contributed by atoms with E-state index < -0.39 is 0 Å². The molecular formula is C17H14N6O3S. The van der Waals surface area contributed by atoms with E-state index in [0.717, 1.165) is 16.4 Å². The molecule has 10 heteroatoms. The molecule has 1 aliphatic heterocycles. The minimum atomic E-state index is -0.263. The van der Waals surface area contributed by atoms with Gasteiger partial charge >= 0.3 is 0 Å². The summed E-state index contributed by atoms with van der Waals surface area (Å²) in [5.41, 5.74) is 1.59. The zero-order valence-electron chi connectivity index (χ0n) is 14.2. The van der Waals surface area contributed by atoms with Crippen LogP contribution in [0.1, 0.15) is 23.7 Å². The average Bonchev–Trinajstić information content (AvgIpc) is 3.42. The zero-order valence-corrected chi connectivity index (χ0v) is 15.0. The van der Waals surface area contributed by atoms with Crippen molar-refractivity contribution in [2.75, 3.05) is 5.32 Å². The van der Waals surface area contributed by atoms with Crippen LogP contribution in [0.25, 0.3) is 11.5 Å². The van der Waals surface area contributed by atoms with Gasteiger partial charge in [0.05, 0.1) is 12.2 Å². The summed E-state index contributed by atoms with van der Waals surface area (Å²) in [6.07, 6.45) is 3.49. The number of nitrogens with zero attached hydrogens (tertiary/aromatic N) is 4. The molecule has 0 aromatic carbocycles. The largest absolute Gasteiger partial charge is 0.463 e. The van der Waals surface area contributed by atoms with E-state index in [1.54, 1.807) is 12.6 Å². The summed E-state index contributed by atoms with van der Waals surface area (Å²) in [5, 5.41) is 19.3. The Morgan fingerprint density at radius 1 is 1.33 bits per heavy atom. The number of fused-ring (bicyclic) bond motifs is 1. The number of furan rings is 2. The van der Waals surface area contributed by atoms with E-state index in [1.165, 1.54) is 11.8 Å². The SMILES string of the molecule is Cn1cnnc1Sc1ccc(C2CC(=O)Nc3n[nH]c(-c4ccco4)c32)o1. The molecule has 0 radical (unpaired) electrons. The third-order valence-electron chi connectivity index (χ3n) is 4.37. The number of anilines is 1. The van der Waals surface area contributed by atoms with E-state index in [1.807, 2.05) is 35.9 Å². The van der Waals surface area contributed by atoms with Crippen molar-refractivity contribution in [3.63, 3.8) is 0 Å². The highest BCUT2D eigenvalue weighted by Crippen LogP contribution is 2.43. The summed E-state index contributed by atoms with van der Waals surface area (Å²) >= 11 is 1.37. The van der Waals surface area contributed by atoms with Crippen LogP contribution >= 0.6 is 11.8 Å². The number of aromatic nitrogens is 5. The van der Waals surface area contributed by atoms with Gasteiger partial charge in [-0.1, -0.05) is 0 Å². The second-order valence-corrected chi connectivity index (χ2v) is 7.10. The van der Waals surface area contributed by atoms with Crippen molar-refractivity contribution in [3.8, 4) is 11.5 Å². The topological polar surface area (TPSA) is 115 Å². The third kappa shape index (κ3) is 2.74. The maximum atomic E-state index is 12.2. The molecule has 136 valence electrons. The van der Waals surface area contributed by atoms with Crippen LogP contribution in [0.2, 0.25) is 0 Å². The number of carbonyl (C=O) groups is 1. The standard InChI is InChI=1S/C17H14N6O3S/c1-23-8-18-22-17(23)27-13-5-4-10(26-13)9-7-12(24)19-16-14(9)15(20-21-16)11-3-2-6-25-11/h2-6,8-9H,7H2,1H3,(H2,19,20,21,24). The van der Waals surface area contributed by atoms with E-state index >= 15 is 0 Å². The fraction of sp³-hybridized carbons (Fsp3) is 0.176. The second kappa shape index (κ2) is 6.16. The predicted octanol–water partition coefficient (Wildman–Crippen LogP) is 3.02. The molecule has 0 aliphatic carbocycles. The first-order valence-corrected chi connectivity index (χ1v) is 9.04. The highest BCUT2D eigenvalue weighted by atomic mass is 32.2. The van der Waals surface area contributed by atoms with Gasteiger partial charge in [0.2, 0.25) is 5.91 Å². The van der Waals surface area contributed by atoms with Gasteiger partial charge in [0.1, 0.15) is 17.8 Å². The van der Waals surface area contributed by atoms with Gasteiger partial charge in [-0.15, -0.1) is 10.2 Å². The summed E-state index contributed by atoms with van der Waals surface area (Å²) < 4.78 is 13.3. The number of aryl methyl sites for hydroxylation is 1. The van der Waals surface area contributed by atoms with Crippen LogP contribution in [-0.4, -0.2) is 30.9 Å². The molecule has 0 spiro atoms. The maximum absolute atomic E-state index is 12.2. The second-order valence-electron chi connectivity index (χ2n) is 6.13. The highest BCUT2D eigenvalue weighted by molar-refractivity contribution is 7.99. The minimum Gasteiger partial charge on any atom is -0.463 e. The van der Waals surface area contributed by atoms with Gasteiger partial charge in [-0.3, -0.25) is 9.89 Å². The summed E-state index contributed by atoms with van der Waals surface area (Å²) in [4.78, 5) is 12.2. The van der Waals surface area contributed by atoms with Crippen molar-refractivity contribution in [2.24, 2.45) is 7.05 Å². The summed E-state index contributed by atoms with van der Waals surface area (Å²) in [7, 11) is 1.87. The average molecular weight is 382 g/mol. The van der Waals surface area contributed by atoms with Crippen molar-refractivity contribution in [2.45, 2.75) is 22.6 Å². The van der Waals surface area contributed by atoms with Crippen LogP contribution in [0, 0.1) is 0 Å². The maximum Gasteiger partial charge on any atom is 0.226 e. The van der Waals surface area contributed by atoms with Crippen LogP contribution in [0.15, 0.2) is 55.9 Å². The molecule has 0 bridgehead atoms. The molecule has 4 aromatic heterocycles. The Kier molecular flexibility index (Phi) is 3.64. The van der Waals surface area contributed by atoms with Crippen LogP contribution in [-0.2, 0) is 11.8 Å². The van der Waals surface area contributed by atoms with Gasteiger partial charge in [0, 0.05) is 19.0 Å². The van der Waals surface area contributed by atoms with E-state index in [2.05, 4.69) is 25.7 Å². The summed E-state index contributed by atoms with van der Waals surface area (Å²) in [6.45, 7) is 0. The van der Waals surface area contributed by atoms with Crippen molar-refractivity contribution < 1.29 is 13.6 Å². The molecule has 0 saturated carbocycles. The number of nitrogens with one attached hydrogen (secondary N) is 2. The normalized spacial score (nSPS) is 16.3. The van der Waals surface area contributed by atoms with Crippen LogP contribution < -0.4 is 5.32 Å². The third-order valence-corrected chi connectivity index (χ3v) is 5.35. The van der Waals surface area contributed by atoms with E-state index in [-0.39, 0.29) is 18.2 Å². The molecule has 5 heterocycles. The lowest BCUT2D eigenvalue weighted by Crippen LogP contribution is -2.23. The van der Waals surface area contributed by atoms with Crippen LogP contribution in [0.3, 0.4) is 0 Å². The number of hydrogen-bond acceptors (Lipinski definition) is 7. The lowest BCUT2D eigenvalue weighted by atomic mass is 9.89. The van der Waals surface area contributed by atoms with Crippen molar-refractivity contribution in [1.82, 2.24) is 25.0 Å². The van der Waals surface area contributed by atoms with E-state index in [9.17, 15) is 4.79 Å². The Labute approximate surface area is 157 Å². The van der Waals surface area contributed by atoms with Crippen LogP contribution in [0.4, 0.5) is 5.82 Å². The van der Waals surface area contributed by atoms with Crippen LogP contribution in [0.5, 0.6) is 0 Å². The van der Waals surface area contributed by atoms with Gasteiger partial charge in [-0.25, -0.2) is 0 Å². The molecule has 1 atom stereocenters. The molecule has 9 nitrogen and oxygen atoms in total. The van der Waals surface area contributed by atoms with Gasteiger partial charge in [-0.2, -0.15) is 5.10 Å². The number of aromatic amines is 1. The molecular weight excluding hydrogens is 368 g/mol. The fourth-order valence-corrected chi connectivity index (χ4v) is 3.87. The number of hydrogen-bond donors (Lipinski definition) is 2. The number of rotatable bonds is 4. The Hall–Kier alpha value is -3.27. The Bertz CT molecular complexity index is 1110. The lowest BCUT2D eigenvalue weighted by molar-refractivity contribution is -0.116. The summed E-state index contributed by atoms with van der Waals surface area (Å²) in [6, 6.07) is 7.40. The molecule has 2 N–H and O–H groups in total. The monoisotopic (exact) mass is 382 g/mol. The number of H-pyrrole nitrogens is 1. The first-order chi connectivity index (χ1) is 13.2. The minimum absolute atomic E-state index is 0.108. The highest BCUT2D eigenvalue weighted by Gasteiger charge is 2.34. The molecule has 5 rings (SSSR count). The first kappa shape index (κ1) is 15.9. The predicted molar refractivity (Wildman–Crippen MR) is 95.2 cm³/mol. The molecule has 1 amide bonds. The first-order valence-electron chi connectivity index (χ1n) is 8.22. The van der Waals surface area contributed by atoms with E-state index in [0.29, 0.717) is 22.4 Å². The Balaban J connectivity index is 1.52. The quantitative estimate of drug-likeness (QED) is 0.557. The molecule has 4 aromatic rings. The zero-order chi connectivity index (χ0) is 18.4. The van der Waals surface area contributed by atoms with Crippen molar-refractivity contribution in [3.05, 3.63) is 48.2 Å².